The summed E-state index contributed by atoms with van der Waals surface area (Å²) in [5, 5.41) is 2.73. The summed E-state index contributed by atoms with van der Waals surface area (Å²) < 4.78 is 13.0. The lowest BCUT2D eigenvalue weighted by Gasteiger charge is -2.19. The first-order valence-electron chi connectivity index (χ1n) is 8.04. The van der Waals surface area contributed by atoms with E-state index in [0.29, 0.717) is 11.1 Å². The van der Waals surface area contributed by atoms with E-state index in [-0.39, 0.29) is 39.0 Å². The van der Waals surface area contributed by atoms with Crippen molar-refractivity contribution < 1.29 is 18.8 Å². The average Bonchev–Trinajstić information content (AvgIpc) is 2.67. The fraction of sp³-hybridized carbons (Fsp3) is 0. The number of nitrogens with one attached hydrogen (secondary N) is 1. The van der Waals surface area contributed by atoms with Gasteiger partial charge in [-0.05, 0) is 36.4 Å². The predicted molar refractivity (Wildman–Crippen MR) is 99.1 cm³/mol. The average molecular weight is 380 g/mol. The van der Waals surface area contributed by atoms with Crippen LogP contribution in [0.5, 0.6) is 0 Å². The Kier molecular flexibility index (Phi) is 4.09. The molecular formula is C21H11ClFNO3. The Balaban J connectivity index is 1.73. The normalized spacial score (nSPS) is 12.4. The van der Waals surface area contributed by atoms with Gasteiger partial charge in [-0.2, -0.15) is 0 Å². The molecule has 0 bridgehead atoms. The Morgan fingerprint density at radius 1 is 0.815 bits per heavy atom. The topological polar surface area (TPSA) is 63.2 Å². The minimum absolute atomic E-state index is 0.129. The van der Waals surface area contributed by atoms with Crippen molar-refractivity contribution in [1.29, 1.82) is 0 Å². The second-order valence-corrected chi connectivity index (χ2v) is 6.45. The maximum absolute atomic E-state index is 13.0. The van der Waals surface area contributed by atoms with E-state index in [4.69, 9.17) is 11.6 Å². The summed E-state index contributed by atoms with van der Waals surface area (Å²) in [6, 6.07) is 14.3. The smallest absolute Gasteiger partial charge is 0.255 e. The number of benzene rings is 3. The first-order valence-corrected chi connectivity index (χ1v) is 8.42. The molecule has 0 aliphatic heterocycles. The monoisotopic (exact) mass is 379 g/mol. The lowest BCUT2D eigenvalue weighted by atomic mass is 9.84. The van der Waals surface area contributed by atoms with Gasteiger partial charge in [-0.15, -0.1) is 0 Å². The van der Waals surface area contributed by atoms with Crippen LogP contribution in [0.4, 0.5) is 10.1 Å². The lowest BCUT2D eigenvalue weighted by molar-refractivity contribution is 0.0979. The fourth-order valence-corrected chi connectivity index (χ4v) is 3.22. The SMILES string of the molecule is O=C(Nc1cc2c(cc1Cl)C(=O)c1ccccc1C2=O)c1ccc(F)cc1. The van der Waals surface area contributed by atoms with Crippen LogP contribution in [-0.4, -0.2) is 17.5 Å². The van der Waals surface area contributed by atoms with Crippen LogP contribution in [0.2, 0.25) is 5.02 Å². The van der Waals surface area contributed by atoms with Gasteiger partial charge in [0, 0.05) is 27.8 Å². The summed E-state index contributed by atoms with van der Waals surface area (Å²) in [7, 11) is 0. The maximum Gasteiger partial charge on any atom is 0.255 e. The molecule has 3 aromatic rings. The molecule has 0 unspecified atom stereocenters. The van der Waals surface area contributed by atoms with E-state index < -0.39 is 11.7 Å². The highest BCUT2D eigenvalue weighted by Crippen LogP contribution is 2.33. The lowest BCUT2D eigenvalue weighted by Crippen LogP contribution is -2.21. The highest BCUT2D eigenvalue weighted by atomic mass is 35.5. The van der Waals surface area contributed by atoms with Gasteiger partial charge >= 0.3 is 0 Å². The number of halogens is 2. The van der Waals surface area contributed by atoms with E-state index in [1.54, 1.807) is 24.3 Å². The van der Waals surface area contributed by atoms with Crippen LogP contribution in [-0.2, 0) is 0 Å². The summed E-state index contributed by atoms with van der Waals surface area (Å²) >= 11 is 6.22. The van der Waals surface area contributed by atoms with Crippen LogP contribution in [0.25, 0.3) is 0 Å². The Labute approximate surface area is 158 Å². The van der Waals surface area contributed by atoms with Gasteiger partial charge < -0.3 is 5.32 Å². The molecule has 0 spiro atoms. The van der Waals surface area contributed by atoms with Crippen molar-refractivity contribution >= 4 is 34.8 Å². The third kappa shape index (κ3) is 2.92. The molecule has 0 heterocycles. The van der Waals surface area contributed by atoms with E-state index in [1.165, 1.54) is 36.4 Å². The van der Waals surface area contributed by atoms with Crippen LogP contribution >= 0.6 is 11.6 Å². The largest absolute Gasteiger partial charge is 0.321 e. The van der Waals surface area contributed by atoms with E-state index in [0.717, 1.165) is 0 Å². The van der Waals surface area contributed by atoms with Crippen molar-refractivity contribution in [3.63, 3.8) is 0 Å². The van der Waals surface area contributed by atoms with Gasteiger partial charge in [-0.1, -0.05) is 35.9 Å². The van der Waals surface area contributed by atoms with Crippen molar-refractivity contribution in [3.05, 3.63) is 99.3 Å². The summed E-state index contributed by atoms with van der Waals surface area (Å²) in [4.78, 5) is 37.8. The number of anilines is 1. The maximum atomic E-state index is 13.0. The standard InChI is InChI=1S/C21H11ClFNO3/c22-17-9-15-16(20(26)14-4-2-1-3-13(14)19(15)25)10-18(17)24-21(27)11-5-7-12(23)8-6-11/h1-10H,(H,24,27). The van der Waals surface area contributed by atoms with Crippen LogP contribution in [0.1, 0.15) is 42.2 Å². The fourth-order valence-electron chi connectivity index (χ4n) is 3.01. The Morgan fingerprint density at radius 2 is 1.37 bits per heavy atom. The molecule has 1 aliphatic rings. The second kappa shape index (κ2) is 6.45. The molecule has 0 radical (unpaired) electrons. The van der Waals surface area contributed by atoms with Gasteiger partial charge in [0.15, 0.2) is 11.6 Å². The zero-order chi connectivity index (χ0) is 19.1. The van der Waals surface area contributed by atoms with Crippen molar-refractivity contribution in [2.75, 3.05) is 5.32 Å². The summed E-state index contributed by atoms with van der Waals surface area (Å²) in [5.41, 5.74) is 1.45. The van der Waals surface area contributed by atoms with Crippen LogP contribution in [0.3, 0.4) is 0 Å². The molecule has 0 fully saturated rings. The number of amides is 1. The number of hydrogen-bond donors (Lipinski definition) is 1. The molecule has 0 atom stereocenters. The molecule has 0 saturated carbocycles. The van der Waals surface area contributed by atoms with E-state index in [9.17, 15) is 18.8 Å². The molecule has 6 heteroatoms. The quantitative estimate of drug-likeness (QED) is 0.557. The Morgan fingerprint density at radius 3 is 1.96 bits per heavy atom. The Bertz CT molecular complexity index is 1120. The molecule has 1 amide bonds. The summed E-state index contributed by atoms with van der Waals surface area (Å²) in [6.45, 7) is 0. The predicted octanol–water partition coefficient (Wildman–Crippen LogP) is 4.51. The number of carbonyl (C=O) groups excluding carboxylic acids is 3. The van der Waals surface area contributed by atoms with E-state index in [2.05, 4.69) is 5.32 Å². The van der Waals surface area contributed by atoms with E-state index >= 15 is 0 Å². The minimum atomic E-state index is -0.508. The molecular weight excluding hydrogens is 369 g/mol. The number of ketones is 2. The second-order valence-electron chi connectivity index (χ2n) is 6.04. The van der Waals surface area contributed by atoms with Crippen molar-refractivity contribution in [3.8, 4) is 0 Å². The molecule has 27 heavy (non-hydrogen) atoms. The first kappa shape index (κ1) is 17.1. The van der Waals surface area contributed by atoms with Crippen molar-refractivity contribution in [2.45, 2.75) is 0 Å². The molecule has 3 aromatic carbocycles. The number of rotatable bonds is 2. The first-order chi connectivity index (χ1) is 13.0. The van der Waals surface area contributed by atoms with Crippen molar-refractivity contribution in [2.24, 2.45) is 0 Å². The summed E-state index contributed by atoms with van der Waals surface area (Å²) in [6.07, 6.45) is 0. The third-order valence-corrected chi connectivity index (χ3v) is 4.68. The number of carbonyl (C=O) groups is 3. The van der Waals surface area contributed by atoms with Crippen molar-refractivity contribution in [1.82, 2.24) is 0 Å². The molecule has 132 valence electrons. The van der Waals surface area contributed by atoms with Gasteiger partial charge in [-0.3, -0.25) is 14.4 Å². The minimum Gasteiger partial charge on any atom is -0.321 e. The molecule has 4 rings (SSSR count). The molecule has 1 N–H and O–H groups in total. The van der Waals surface area contributed by atoms with Crippen LogP contribution in [0, 0.1) is 5.82 Å². The highest BCUT2D eigenvalue weighted by molar-refractivity contribution is 6.36. The molecule has 1 aliphatic carbocycles. The third-order valence-electron chi connectivity index (χ3n) is 4.37. The van der Waals surface area contributed by atoms with E-state index in [1.807, 2.05) is 0 Å². The molecule has 4 nitrogen and oxygen atoms in total. The number of fused-ring (bicyclic) bond motifs is 2. The number of hydrogen-bond acceptors (Lipinski definition) is 3. The molecule has 0 saturated heterocycles. The van der Waals surface area contributed by atoms with Gasteiger partial charge in [0.25, 0.3) is 5.91 Å². The van der Waals surface area contributed by atoms with Gasteiger partial charge in [0.1, 0.15) is 5.82 Å². The van der Waals surface area contributed by atoms with Crippen LogP contribution < -0.4 is 5.32 Å². The zero-order valence-corrected chi connectivity index (χ0v) is 14.5. The Hall–Kier alpha value is -3.31. The zero-order valence-electron chi connectivity index (χ0n) is 13.8. The highest BCUT2D eigenvalue weighted by Gasteiger charge is 2.30. The summed E-state index contributed by atoms with van der Waals surface area (Å²) in [5.74, 6) is -1.57. The molecule has 0 aromatic heterocycles. The van der Waals surface area contributed by atoms with Gasteiger partial charge in [0.05, 0.1) is 10.7 Å². The van der Waals surface area contributed by atoms with Gasteiger partial charge in [0.2, 0.25) is 0 Å². The van der Waals surface area contributed by atoms with Gasteiger partial charge in [-0.25, -0.2) is 4.39 Å². The van der Waals surface area contributed by atoms with Crippen LogP contribution in [0.15, 0.2) is 60.7 Å².